The third kappa shape index (κ3) is 6.81. The number of benzene rings is 1. The van der Waals surface area contributed by atoms with Crippen LogP contribution in [0.5, 0.6) is 5.75 Å². The fourth-order valence-electron chi connectivity index (χ4n) is 7.16. The summed E-state index contributed by atoms with van der Waals surface area (Å²) in [4.78, 5) is 32.6. The molecule has 4 bridgehead atoms. The maximum absolute atomic E-state index is 12.5. The molecule has 4 fully saturated rings. The van der Waals surface area contributed by atoms with Gasteiger partial charge in [0.05, 0.1) is 6.20 Å². The molecule has 6 rings (SSSR count). The number of alkyl carbamates (subject to hydrolysis) is 1. The lowest BCUT2D eigenvalue weighted by atomic mass is 9.48. The minimum absolute atomic E-state index is 0.102. The molecule has 1 heterocycles. The van der Waals surface area contributed by atoms with Gasteiger partial charge in [0.1, 0.15) is 28.8 Å². The van der Waals surface area contributed by atoms with Crippen molar-refractivity contribution in [2.24, 2.45) is 28.9 Å². The smallest absolute Gasteiger partial charge is 0.407 e. The van der Waals surface area contributed by atoms with Crippen molar-refractivity contribution in [2.75, 3.05) is 23.8 Å². The Balaban J connectivity index is 1.23. The van der Waals surface area contributed by atoms with Gasteiger partial charge in [0, 0.05) is 24.7 Å². The van der Waals surface area contributed by atoms with Crippen LogP contribution >= 0.6 is 0 Å². The van der Waals surface area contributed by atoms with Gasteiger partial charge < -0.3 is 31.2 Å². The molecule has 41 heavy (non-hydrogen) atoms. The molecule has 11 nitrogen and oxygen atoms in total. The monoisotopic (exact) mass is 561 g/mol. The summed E-state index contributed by atoms with van der Waals surface area (Å²) in [5.74, 6) is 2.38. The summed E-state index contributed by atoms with van der Waals surface area (Å²) in [6.07, 6.45) is 6.65. The molecule has 5 atom stereocenters. The van der Waals surface area contributed by atoms with Gasteiger partial charge in [0.15, 0.2) is 6.61 Å². The van der Waals surface area contributed by atoms with E-state index in [2.05, 4.69) is 32.0 Å². The fourth-order valence-corrected chi connectivity index (χ4v) is 7.16. The molecule has 0 saturated heterocycles. The van der Waals surface area contributed by atoms with Crippen LogP contribution in [0.4, 0.5) is 16.6 Å². The number of aromatic nitrogens is 2. The standard InChI is InChI=1S/C30H39N7O4/c1-29(2,3)41-28(39)36-25-20-8-18-9-21(25)12-30(10-18,11-20)17-35-26-22(13-31)15-34-27(37-26)33-14-19-6-4-5-7-23(19)40-16-24(32)38/h4-7,15,18,20-21,25H,8-12,14,16-17H2,1-3H3,(H2,32,38)(H,36,39)(H2,33,34,35,37)/t18?,20-,21+,25-,30-. The molecule has 5 N–H and O–H groups in total. The lowest BCUT2D eigenvalue weighted by Crippen LogP contribution is -2.60. The quantitative estimate of drug-likeness (QED) is 0.336. The van der Waals surface area contributed by atoms with Crippen LogP contribution < -0.4 is 26.4 Å². The molecule has 0 spiro atoms. The lowest BCUT2D eigenvalue weighted by molar-refractivity contribution is -0.119. The summed E-state index contributed by atoms with van der Waals surface area (Å²) in [7, 11) is 0. The molecular formula is C30H39N7O4. The van der Waals surface area contributed by atoms with Crippen LogP contribution in [-0.2, 0) is 16.1 Å². The normalized spacial score (nSPS) is 26.1. The largest absolute Gasteiger partial charge is 0.483 e. The number of primary amides is 1. The van der Waals surface area contributed by atoms with Gasteiger partial charge in [-0.15, -0.1) is 0 Å². The van der Waals surface area contributed by atoms with Crippen molar-refractivity contribution in [2.45, 2.75) is 71.1 Å². The van der Waals surface area contributed by atoms with Crippen molar-refractivity contribution in [1.82, 2.24) is 15.3 Å². The molecule has 1 aromatic carbocycles. The van der Waals surface area contributed by atoms with Gasteiger partial charge in [0.2, 0.25) is 5.95 Å². The number of ether oxygens (including phenoxy) is 2. The predicted molar refractivity (Wildman–Crippen MR) is 153 cm³/mol. The number of carbonyl (C=O) groups excluding carboxylic acids is 2. The maximum Gasteiger partial charge on any atom is 0.407 e. The lowest BCUT2D eigenvalue weighted by Gasteiger charge is -2.60. The van der Waals surface area contributed by atoms with E-state index in [9.17, 15) is 14.9 Å². The highest BCUT2D eigenvalue weighted by Crippen LogP contribution is 2.60. The number of nitrogens with zero attached hydrogens (tertiary/aromatic N) is 3. The Morgan fingerprint density at radius 1 is 1.15 bits per heavy atom. The number of nitrogens with one attached hydrogen (secondary N) is 3. The van der Waals surface area contributed by atoms with E-state index < -0.39 is 11.5 Å². The summed E-state index contributed by atoms with van der Waals surface area (Å²) < 4.78 is 11.1. The number of amides is 2. The number of hydrogen-bond donors (Lipinski definition) is 4. The van der Waals surface area contributed by atoms with Gasteiger partial charge in [-0.1, -0.05) is 18.2 Å². The van der Waals surface area contributed by atoms with E-state index in [1.165, 1.54) is 6.20 Å². The van der Waals surface area contributed by atoms with Crippen LogP contribution in [0.15, 0.2) is 30.5 Å². The highest BCUT2D eigenvalue weighted by molar-refractivity contribution is 5.75. The van der Waals surface area contributed by atoms with Gasteiger partial charge in [-0.05, 0) is 82.1 Å². The van der Waals surface area contributed by atoms with Crippen molar-refractivity contribution in [3.05, 3.63) is 41.6 Å². The third-order valence-electron chi connectivity index (χ3n) is 8.40. The average molecular weight is 562 g/mol. The van der Waals surface area contributed by atoms with Gasteiger partial charge in [-0.3, -0.25) is 4.79 Å². The molecule has 0 radical (unpaired) electrons. The fraction of sp³-hybridized carbons (Fsp3) is 0.567. The topological polar surface area (TPSA) is 164 Å². The first-order chi connectivity index (χ1) is 19.5. The van der Waals surface area contributed by atoms with Crippen molar-refractivity contribution >= 4 is 23.8 Å². The molecule has 0 aliphatic heterocycles. The summed E-state index contributed by atoms with van der Waals surface area (Å²) in [6.45, 7) is 6.52. The second-order valence-corrected chi connectivity index (χ2v) is 12.8. The first kappa shape index (κ1) is 28.5. The van der Waals surface area contributed by atoms with E-state index in [0.717, 1.165) is 37.7 Å². The Bertz CT molecular complexity index is 1320. The Morgan fingerprint density at radius 2 is 1.88 bits per heavy atom. The molecule has 4 saturated carbocycles. The number of rotatable bonds is 10. The van der Waals surface area contributed by atoms with Crippen molar-refractivity contribution < 1.29 is 19.1 Å². The van der Waals surface area contributed by atoms with E-state index in [0.29, 0.717) is 53.9 Å². The Morgan fingerprint density at radius 3 is 2.56 bits per heavy atom. The maximum atomic E-state index is 12.5. The van der Waals surface area contributed by atoms with Gasteiger partial charge in [-0.2, -0.15) is 10.2 Å². The number of para-hydroxylation sites is 1. The van der Waals surface area contributed by atoms with Crippen molar-refractivity contribution in [3.8, 4) is 11.8 Å². The Hall–Kier alpha value is -4.07. The third-order valence-corrected chi connectivity index (χ3v) is 8.40. The number of nitriles is 1. The molecule has 4 aliphatic carbocycles. The van der Waals surface area contributed by atoms with E-state index in [1.807, 2.05) is 39.0 Å². The summed E-state index contributed by atoms with van der Waals surface area (Å²) in [6, 6.07) is 9.69. The second kappa shape index (κ2) is 11.4. The highest BCUT2D eigenvalue weighted by Gasteiger charge is 2.55. The zero-order valence-corrected chi connectivity index (χ0v) is 23.9. The minimum Gasteiger partial charge on any atom is -0.483 e. The van der Waals surface area contributed by atoms with E-state index in [-0.39, 0.29) is 24.2 Å². The van der Waals surface area contributed by atoms with Crippen LogP contribution in [0.1, 0.15) is 64.0 Å². The Labute approximate surface area is 240 Å². The Kier molecular flexibility index (Phi) is 7.93. The molecule has 4 aliphatic rings. The zero-order valence-electron chi connectivity index (χ0n) is 23.9. The van der Waals surface area contributed by atoms with Crippen LogP contribution in [0.3, 0.4) is 0 Å². The number of anilines is 2. The van der Waals surface area contributed by atoms with Gasteiger partial charge in [0.25, 0.3) is 5.91 Å². The SMILES string of the molecule is CC(C)(C)OC(=O)N[C@@H]1[C@@H]2CC3C[C@H]1C[C@@](CNc1nc(NCc4ccccc4OCC(N)=O)ncc1C#N)(C3)C2. The first-order valence-electron chi connectivity index (χ1n) is 14.3. The second-order valence-electron chi connectivity index (χ2n) is 12.8. The molecule has 1 aromatic heterocycles. The number of hydrogen-bond acceptors (Lipinski definition) is 9. The zero-order chi connectivity index (χ0) is 29.2. The van der Waals surface area contributed by atoms with Crippen LogP contribution in [0.25, 0.3) is 0 Å². The van der Waals surface area contributed by atoms with E-state index in [4.69, 9.17) is 15.2 Å². The van der Waals surface area contributed by atoms with Crippen LogP contribution in [0, 0.1) is 34.5 Å². The summed E-state index contributed by atoms with van der Waals surface area (Å²) in [5, 5.41) is 19.6. The molecule has 2 aromatic rings. The molecule has 1 unspecified atom stereocenters. The molecule has 11 heteroatoms. The average Bonchev–Trinajstić information content (AvgIpc) is 2.90. The predicted octanol–water partition coefficient (Wildman–Crippen LogP) is 3.96. The molecule has 218 valence electrons. The summed E-state index contributed by atoms with van der Waals surface area (Å²) in [5.41, 5.74) is 6.00. The molecule has 2 amide bonds. The van der Waals surface area contributed by atoms with Crippen LogP contribution in [-0.4, -0.2) is 46.8 Å². The van der Waals surface area contributed by atoms with Crippen LogP contribution in [0.2, 0.25) is 0 Å². The summed E-state index contributed by atoms with van der Waals surface area (Å²) >= 11 is 0. The van der Waals surface area contributed by atoms with Gasteiger partial charge in [-0.25, -0.2) is 9.78 Å². The minimum atomic E-state index is -0.548. The van der Waals surface area contributed by atoms with Crippen molar-refractivity contribution in [3.63, 3.8) is 0 Å². The van der Waals surface area contributed by atoms with E-state index in [1.54, 1.807) is 6.07 Å². The van der Waals surface area contributed by atoms with Crippen molar-refractivity contribution in [1.29, 1.82) is 5.26 Å². The van der Waals surface area contributed by atoms with Gasteiger partial charge >= 0.3 is 6.09 Å². The molecular weight excluding hydrogens is 522 g/mol. The number of nitrogens with two attached hydrogens (primary N) is 1. The first-order valence-corrected chi connectivity index (χ1v) is 14.3. The number of carbonyl (C=O) groups is 2. The highest BCUT2D eigenvalue weighted by atomic mass is 16.6. The van der Waals surface area contributed by atoms with E-state index >= 15 is 0 Å².